The van der Waals surface area contributed by atoms with Crippen LogP contribution in [-0.4, -0.2) is 30.6 Å². The second kappa shape index (κ2) is 4.74. The van der Waals surface area contributed by atoms with Gasteiger partial charge in [-0.3, -0.25) is 4.79 Å². The first-order valence-electron chi connectivity index (χ1n) is 4.25. The summed E-state index contributed by atoms with van der Waals surface area (Å²) >= 11 is 0. The van der Waals surface area contributed by atoms with E-state index >= 15 is 0 Å². The fraction of sp³-hybridized carbons (Fsp3) is 0.300. The van der Waals surface area contributed by atoms with Gasteiger partial charge in [0, 0.05) is 12.1 Å². The van der Waals surface area contributed by atoms with Gasteiger partial charge in [-0.05, 0) is 12.1 Å². The lowest BCUT2D eigenvalue weighted by Gasteiger charge is -2.07. The zero-order valence-corrected chi connectivity index (χ0v) is 7.93. The SMILES string of the molecule is COc1cccc(C(=O)C(O)CN)c1. The predicted molar refractivity (Wildman–Crippen MR) is 52.4 cm³/mol. The summed E-state index contributed by atoms with van der Waals surface area (Å²) in [5.41, 5.74) is 5.58. The summed E-state index contributed by atoms with van der Waals surface area (Å²) in [6, 6.07) is 6.60. The third kappa shape index (κ3) is 2.31. The highest BCUT2D eigenvalue weighted by Crippen LogP contribution is 2.13. The summed E-state index contributed by atoms with van der Waals surface area (Å²) in [6.07, 6.45) is -1.14. The molecule has 3 N–H and O–H groups in total. The van der Waals surface area contributed by atoms with Crippen molar-refractivity contribution < 1.29 is 14.6 Å². The molecule has 0 saturated carbocycles. The van der Waals surface area contributed by atoms with Crippen molar-refractivity contribution in [3.05, 3.63) is 29.8 Å². The number of benzene rings is 1. The van der Waals surface area contributed by atoms with Gasteiger partial charge in [-0.1, -0.05) is 12.1 Å². The van der Waals surface area contributed by atoms with Gasteiger partial charge in [0.2, 0.25) is 0 Å². The minimum atomic E-state index is -1.14. The number of carbonyl (C=O) groups is 1. The summed E-state index contributed by atoms with van der Waals surface area (Å²) in [6.45, 7) is -0.0734. The fourth-order valence-electron chi connectivity index (χ4n) is 1.08. The highest BCUT2D eigenvalue weighted by Gasteiger charge is 2.15. The molecule has 1 aromatic carbocycles. The van der Waals surface area contributed by atoms with Crippen LogP contribution in [0.1, 0.15) is 10.4 Å². The molecule has 0 saturated heterocycles. The van der Waals surface area contributed by atoms with Crippen LogP contribution in [0.5, 0.6) is 5.75 Å². The Morgan fingerprint density at radius 2 is 2.36 bits per heavy atom. The van der Waals surface area contributed by atoms with Crippen LogP contribution in [0, 0.1) is 0 Å². The molecule has 4 nitrogen and oxygen atoms in total. The first kappa shape index (κ1) is 10.7. The van der Waals surface area contributed by atoms with E-state index in [1.807, 2.05) is 0 Å². The molecule has 0 heterocycles. The second-order valence-electron chi connectivity index (χ2n) is 2.85. The molecule has 1 atom stereocenters. The number of ketones is 1. The minimum absolute atomic E-state index is 0.0734. The first-order chi connectivity index (χ1) is 6.69. The van der Waals surface area contributed by atoms with Crippen molar-refractivity contribution in [1.82, 2.24) is 0 Å². The molecule has 0 aliphatic carbocycles. The maximum atomic E-state index is 11.5. The number of nitrogens with two attached hydrogens (primary N) is 1. The molecular weight excluding hydrogens is 182 g/mol. The monoisotopic (exact) mass is 195 g/mol. The van der Waals surface area contributed by atoms with E-state index in [1.54, 1.807) is 24.3 Å². The molecule has 0 aliphatic heterocycles. The van der Waals surface area contributed by atoms with Crippen LogP contribution in [0.15, 0.2) is 24.3 Å². The van der Waals surface area contributed by atoms with Crippen molar-refractivity contribution in [2.75, 3.05) is 13.7 Å². The van der Waals surface area contributed by atoms with Gasteiger partial charge in [-0.15, -0.1) is 0 Å². The summed E-state index contributed by atoms with van der Waals surface area (Å²) in [7, 11) is 1.52. The van der Waals surface area contributed by atoms with E-state index in [9.17, 15) is 9.90 Å². The standard InChI is InChI=1S/C10H13NO3/c1-14-8-4-2-3-7(5-8)10(13)9(12)6-11/h2-5,9,12H,6,11H2,1H3. The van der Waals surface area contributed by atoms with E-state index < -0.39 is 6.10 Å². The van der Waals surface area contributed by atoms with Gasteiger partial charge >= 0.3 is 0 Å². The van der Waals surface area contributed by atoms with Crippen molar-refractivity contribution in [2.24, 2.45) is 5.73 Å². The van der Waals surface area contributed by atoms with E-state index in [4.69, 9.17) is 10.5 Å². The fourth-order valence-corrected chi connectivity index (χ4v) is 1.08. The smallest absolute Gasteiger partial charge is 0.192 e. The van der Waals surface area contributed by atoms with E-state index in [-0.39, 0.29) is 12.3 Å². The number of rotatable bonds is 4. The number of aliphatic hydroxyl groups is 1. The van der Waals surface area contributed by atoms with Gasteiger partial charge < -0.3 is 15.6 Å². The molecule has 0 bridgehead atoms. The van der Waals surface area contributed by atoms with E-state index in [2.05, 4.69) is 0 Å². The molecule has 0 aliphatic rings. The Bertz CT molecular complexity index is 325. The van der Waals surface area contributed by atoms with E-state index in [0.717, 1.165) is 0 Å². The maximum absolute atomic E-state index is 11.5. The van der Waals surface area contributed by atoms with Crippen LogP contribution in [0.4, 0.5) is 0 Å². The summed E-state index contributed by atoms with van der Waals surface area (Å²) in [4.78, 5) is 11.5. The van der Waals surface area contributed by atoms with Gasteiger partial charge in [-0.2, -0.15) is 0 Å². The number of hydrogen-bond donors (Lipinski definition) is 2. The Labute approximate surface area is 82.3 Å². The molecular formula is C10H13NO3. The molecule has 4 heteroatoms. The van der Waals surface area contributed by atoms with Gasteiger partial charge in [-0.25, -0.2) is 0 Å². The molecule has 0 aromatic heterocycles. The number of ether oxygens (including phenoxy) is 1. The molecule has 0 spiro atoms. The Morgan fingerprint density at radius 1 is 1.64 bits per heavy atom. The normalized spacial score (nSPS) is 12.2. The summed E-state index contributed by atoms with van der Waals surface area (Å²) in [5, 5.41) is 9.23. The number of methoxy groups -OCH3 is 1. The van der Waals surface area contributed by atoms with Crippen LogP contribution in [0.25, 0.3) is 0 Å². The van der Waals surface area contributed by atoms with Gasteiger partial charge in [0.1, 0.15) is 11.9 Å². The van der Waals surface area contributed by atoms with Crippen LogP contribution in [-0.2, 0) is 0 Å². The third-order valence-corrected chi connectivity index (χ3v) is 1.88. The predicted octanol–water partition coefficient (Wildman–Crippen LogP) is 0.197. The third-order valence-electron chi connectivity index (χ3n) is 1.88. The van der Waals surface area contributed by atoms with Gasteiger partial charge in [0.25, 0.3) is 0 Å². The zero-order valence-electron chi connectivity index (χ0n) is 7.93. The molecule has 14 heavy (non-hydrogen) atoms. The van der Waals surface area contributed by atoms with Crippen LogP contribution in [0.2, 0.25) is 0 Å². The molecule has 0 amide bonds. The first-order valence-corrected chi connectivity index (χ1v) is 4.25. The lowest BCUT2D eigenvalue weighted by molar-refractivity contribution is 0.0762. The Kier molecular flexibility index (Phi) is 3.62. The highest BCUT2D eigenvalue weighted by molar-refractivity contribution is 5.99. The summed E-state index contributed by atoms with van der Waals surface area (Å²) in [5.74, 6) is 0.200. The Hall–Kier alpha value is -1.39. The maximum Gasteiger partial charge on any atom is 0.192 e. The molecule has 0 fully saturated rings. The number of hydrogen-bond acceptors (Lipinski definition) is 4. The van der Waals surface area contributed by atoms with Gasteiger partial charge in [0.15, 0.2) is 5.78 Å². The quantitative estimate of drug-likeness (QED) is 0.673. The van der Waals surface area contributed by atoms with Crippen molar-refractivity contribution in [2.45, 2.75) is 6.10 Å². The van der Waals surface area contributed by atoms with Crippen LogP contribution >= 0.6 is 0 Å². The molecule has 1 unspecified atom stereocenters. The number of aliphatic hydroxyl groups excluding tert-OH is 1. The minimum Gasteiger partial charge on any atom is -0.497 e. The van der Waals surface area contributed by atoms with Crippen molar-refractivity contribution in [3.8, 4) is 5.75 Å². The lowest BCUT2D eigenvalue weighted by atomic mass is 10.1. The second-order valence-corrected chi connectivity index (χ2v) is 2.85. The van der Waals surface area contributed by atoms with Crippen LogP contribution in [0.3, 0.4) is 0 Å². The molecule has 1 aromatic rings. The summed E-state index contributed by atoms with van der Waals surface area (Å²) < 4.78 is 4.95. The van der Waals surface area contributed by atoms with Crippen molar-refractivity contribution in [3.63, 3.8) is 0 Å². The number of Topliss-reactive ketones (excluding diaryl/α,β-unsaturated/α-hetero) is 1. The average molecular weight is 195 g/mol. The van der Waals surface area contributed by atoms with Crippen LogP contribution < -0.4 is 10.5 Å². The lowest BCUT2D eigenvalue weighted by Crippen LogP contribution is -2.29. The molecule has 1 rings (SSSR count). The largest absolute Gasteiger partial charge is 0.497 e. The van der Waals surface area contributed by atoms with Gasteiger partial charge in [0.05, 0.1) is 7.11 Å². The van der Waals surface area contributed by atoms with Crippen molar-refractivity contribution in [1.29, 1.82) is 0 Å². The molecule has 76 valence electrons. The van der Waals surface area contributed by atoms with E-state index in [0.29, 0.717) is 11.3 Å². The molecule has 0 radical (unpaired) electrons. The topological polar surface area (TPSA) is 72.5 Å². The highest BCUT2D eigenvalue weighted by atomic mass is 16.5. The zero-order chi connectivity index (χ0) is 10.6. The number of carbonyl (C=O) groups excluding carboxylic acids is 1. The van der Waals surface area contributed by atoms with Crippen molar-refractivity contribution >= 4 is 5.78 Å². The van der Waals surface area contributed by atoms with E-state index in [1.165, 1.54) is 7.11 Å². The average Bonchev–Trinajstić information content (AvgIpc) is 2.27. The Morgan fingerprint density at radius 3 is 2.93 bits per heavy atom. The Balaban J connectivity index is 2.90.